The van der Waals surface area contributed by atoms with Gasteiger partial charge in [-0.2, -0.15) is 0 Å². The van der Waals surface area contributed by atoms with Crippen molar-refractivity contribution < 1.29 is 18.4 Å². The summed E-state index contributed by atoms with van der Waals surface area (Å²) in [7, 11) is 2.04. The van der Waals surface area contributed by atoms with Crippen molar-refractivity contribution in [3.63, 3.8) is 0 Å². The first-order chi connectivity index (χ1) is 17.3. The van der Waals surface area contributed by atoms with Crippen LogP contribution in [0.3, 0.4) is 0 Å². The van der Waals surface area contributed by atoms with Crippen LogP contribution < -0.4 is 10.2 Å². The van der Waals surface area contributed by atoms with E-state index in [9.17, 15) is 18.4 Å². The number of carbonyl (C=O) groups is 2. The number of hydrogen-bond acceptors (Lipinski definition) is 5. The van der Waals surface area contributed by atoms with Crippen molar-refractivity contribution in [2.75, 3.05) is 50.0 Å². The predicted octanol–water partition coefficient (Wildman–Crippen LogP) is 3.93. The molecule has 0 saturated carbocycles. The van der Waals surface area contributed by atoms with E-state index < -0.39 is 17.7 Å². The number of likely N-dealkylation sites (N-methyl/N-ethyl adjacent to an activating group) is 1. The molecule has 0 spiro atoms. The molecule has 7 nitrogen and oxygen atoms in total. The average Bonchev–Trinajstić information content (AvgIpc) is 2.89. The zero-order valence-corrected chi connectivity index (χ0v) is 20.2. The summed E-state index contributed by atoms with van der Waals surface area (Å²) in [6, 6.07) is 11.6. The van der Waals surface area contributed by atoms with Gasteiger partial charge in [0.1, 0.15) is 11.6 Å². The Morgan fingerprint density at radius 3 is 2.44 bits per heavy atom. The van der Waals surface area contributed by atoms with Gasteiger partial charge in [-0.15, -0.1) is 0 Å². The van der Waals surface area contributed by atoms with Gasteiger partial charge in [0.2, 0.25) is 5.91 Å². The van der Waals surface area contributed by atoms with Gasteiger partial charge in [0.05, 0.1) is 18.3 Å². The van der Waals surface area contributed by atoms with E-state index in [1.54, 1.807) is 31.3 Å². The zero-order valence-electron chi connectivity index (χ0n) is 20.2. The number of carbonyl (C=O) groups excluding carboxylic acids is 2. The van der Waals surface area contributed by atoms with Gasteiger partial charge in [0, 0.05) is 49.1 Å². The number of fused-ring (bicyclic) bond motifs is 1. The molecule has 1 fully saturated rings. The van der Waals surface area contributed by atoms with Gasteiger partial charge in [-0.05, 0) is 55.9 Å². The number of benzene rings is 2. The summed E-state index contributed by atoms with van der Waals surface area (Å²) >= 11 is 0. The smallest absolute Gasteiger partial charge is 0.253 e. The van der Waals surface area contributed by atoms with Gasteiger partial charge < -0.3 is 20.0 Å². The van der Waals surface area contributed by atoms with Crippen molar-refractivity contribution in [1.82, 2.24) is 14.8 Å². The van der Waals surface area contributed by atoms with Gasteiger partial charge in [-0.3, -0.25) is 9.59 Å². The van der Waals surface area contributed by atoms with Gasteiger partial charge in [0.15, 0.2) is 5.82 Å². The fourth-order valence-corrected chi connectivity index (χ4v) is 4.71. The van der Waals surface area contributed by atoms with E-state index in [4.69, 9.17) is 0 Å². The molecule has 3 heterocycles. The van der Waals surface area contributed by atoms with Crippen molar-refractivity contribution in [2.24, 2.45) is 0 Å². The highest BCUT2D eigenvalue weighted by Crippen LogP contribution is 2.38. The number of nitrogens with zero attached hydrogens (tertiary/aromatic N) is 4. The molecule has 1 atom stereocenters. The van der Waals surface area contributed by atoms with Crippen molar-refractivity contribution in [1.29, 1.82) is 0 Å². The number of aromatic nitrogens is 1. The lowest BCUT2D eigenvalue weighted by atomic mass is 10.0. The Hall–Kier alpha value is -3.85. The molecule has 1 saturated heterocycles. The number of nitrogens with one attached hydrogen (secondary N) is 1. The molecule has 1 aromatic heterocycles. The average molecular weight is 492 g/mol. The number of rotatable bonds is 4. The van der Waals surface area contributed by atoms with Crippen LogP contribution in [0.4, 0.5) is 20.3 Å². The maximum absolute atomic E-state index is 14.5. The lowest BCUT2D eigenvalue weighted by molar-refractivity contribution is -0.117. The molecule has 186 valence electrons. The monoisotopic (exact) mass is 491 g/mol. The summed E-state index contributed by atoms with van der Waals surface area (Å²) in [5.74, 6) is -0.930. The van der Waals surface area contributed by atoms with E-state index in [2.05, 4.69) is 15.2 Å². The topological polar surface area (TPSA) is 68.8 Å². The number of hydrogen-bond donors (Lipinski definition) is 1. The Morgan fingerprint density at radius 1 is 1.00 bits per heavy atom. The molecule has 3 aromatic rings. The number of halogens is 2. The predicted molar refractivity (Wildman–Crippen MR) is 134 cm³/mol. The minimum absolute atomic E-state index is 0.00369. The third-order valence-electron chi connectivity index (χ3n) is 6.85. The molecule has 1 N–H and O–H groups in total. The highest BCUT2D eigenvalue weighted by Gasteiger charge is 2.31. The summed E-state index contributed by atoms with van der Waals surface area (Å²) in [6.45, 7) is 4.78. The van der Waals surface area contributed by atoms with E-state index >= 15 is 0 Å². The molecular formula is C27H27F2N5O2. The Balaban J connectivity index is 1.43. The minimum Gasteiger partial charge on any atom is -0.359 e. The van der Waals surface area contributed by atoms with Crippen LogP contribution >= 0.6 is 0 Å². The largest absolute Gasteiger partial charge is 0.359 e. The van der Waals surface area contributed by atoms with Gasteiger partial charge >= 0.3 is 0 Å². The van der Waals surface area contributed by atoms with Crippen molar-refractivity contribution >= 4 is 23.3 Å². The lowest BCUT2D eigenvalue weighted by Crippen LogP contribution is -2.47. The number of anilines is 2. The second-order valence-corrected chi connectivity index (χ2v) is 9.22. The van der Waals surface area contributed by atoms with Crippen LogP contribution in [0.15, 0.2) is 54.7 Å². The van der Waals surface area contributed by atoms with Gasteiger partial charge in [-0.25, -0.2) is 13.8 Å². The molecule has 36 heavy (non-hydrogen) atoms. The van der Waals surface area contributed by atoms with Crippen molar-refractivity contribution in [3.05, 3.63) is 77.5 Å². The van der Waals surface area contributed by atoms with Gasteiger partial charge in [-0.1, -0.05) is 12.1 Å². The van der Waals surface area contributed by atoms with E-state index in [1.807, 2.05) is 24.1 Å². The van der Waals surface area contributed by atoms with Crippen LogP contribution in [-0.4, -0.2) is 66.4 Å². The van der Waals surface area contributed by atoms with Crippen molar-refractivity contribution in [2.45, 2.75) is 13.0 Å². The van der Waals surface area contributed by atoms with Crippen LogP contribution in [0.2, 0.25) is 0 Å². The molecule has 2 aromatic carbocycles. The summed E-state index contributed by atoms with van der Waals surface area (Å²) in [5, 5.41) is 2.99. The van der Waals surface area contributed by atoms with E-state index in [0.717, 1.165) is 42.4 Å². The minimum atomic E-state index is -0.741. The molecule has 0 radical (unpaired) electrons. The Labute approximate surface area is 208 Å². The molecule has 1 unspecified atom stereocenters. The van der Waals surface area contributed by atoms with Crippen LogP contribution in [0.1, 0.15) is 28.9 Å². The molecule has 5 rings (SSSR count). The number of piperazine rings is 1. The highest BCUT2D eigenvalue weighted by molar-refractivity contribution is 6.03. The fraction of sp³-hybridized carbons (Fsp3) is 0.296. The van der Waals surface area contributed by atoms with Crippen LogP contribution in [-0.2, 0) is 4.79 Å². The Morgan fingerprint density at radius 2 is 1.72 bits per heavy atom. The standard InChI is InChI=1S/C27H27F2N5O2/c1-17(22-14-21(28)7-8-23(22)29)34-24-13-20(15-30-26(24)31-16-25(34)35)18-3-5-19(6-4-18)27(36)33-11-9-32(2)10-12-33/h3-8,13-15,17H,9-12,16H2,1-2H3,(H,30,31). The fourth-order valence-electron chi connectivity index (χ4n) is 4.71. The summed E-state index contributed by atoms with van der Waals surface area (Å²) < 4.78 is 28.4. The number of amides is 2. The first-order valence-corrected chi connectivity index (χ1v) is 11.9. The van der Waals surface area contributed by atoms with Crippen LogP contribution in [0, 0.1) is 11.6 Å². The molecular weight excluding hydrogens is 464 g/mol. The van der Waals surface area contributed by atoms with E-state index in [0.29, 0.717) is 30.2 Å². The zero-order chi connectivity index (χ0) is 25.4. The lowest BCUT2D eigenvalue weighted by Gasteiger charge is -2.34. The maximum Gasteiger partial charge on any atom is 0.253 e. The summed E-state index contributed by atoms with van der Waals surface area (Å²) in [4.78, 5) is 35.7. The third-order valence-corrected chi connectivity index (χ3v) is 6.85. The molecule has 0 bridgehead atoms. The van der Waals surface area contributed by atoms with Crippen LogP contribution in [0.5, 0.6) is 0 Å². The Kier molecular flexibility index (Phi) is 6.40. The number of pyridine rings is 1. The van der Waals surface area contributed by atoms with E-state index in [1.165, 1.54) is 4.90 Å². The molecule has 0 aliphatic carbocycles. The summed E-state index contributed by atoms with van der Waals surface area (Å²) in [5.41, 5.74) is 2.75. The second kappa shape index (κ2) is 9.66. The molecule has 2 amide bonds. The van der Waals surface area contributed by atoms with Crippen molar-refractivity contribution in [3.8, 4) is 11.1 Å². The molecule has 9 heteroatoms. The maximum atomic E-state index is 14.5. The van der Waals surface area contributed by atoms with Crippen LogP contribution in [0.25, 0.3) is 11.1 Å². The quantitative estimate of drug-likeness (QED) is 0.599. The summed E-state index contributed by atoms with van der Waals surface area (Å²) in [6.07, 6.45) is 1.69. The SMILES string of the molecule is CC(c1cc(F)ccc1F)N1C(=O)CNc2ncc(-c3ccc(C(=O)N4CCN(C)CC4)cc3)cc21. The molecule has 2 aliphatic rings. The second-order valence-electron chi connectivity index (χ2n) is 9.22. The van der Waals surface area contributed by atoms with E-state index in [-0.39, 0.29) is 23.9 Å². The Bertz CT molecular complexity index is 1310. The first kappa shape index (κ1) is 23.9. The highest BCUT2D eigenvalue weighted by atomic mass is 19.1. The first-order valence-electron chi connectivity index (χ1n) is 11.9. The van der Waals surface area contributed by atoms with Gasteiger partial charge in [0.25, 0.3) is 5.91 Å². The molecule has 2 aliphatic heterocycles. The normalized spacial score (nSPS) is 16.9. The third kappa shape index (κ3) is 4.54.